The van der Waals surface area contributed by atoms with Gasteiger partial charge in [0, 0.05) is 13.1 Å². The van der Waals surface area contributed by atoms with Crippen LogP contribution in [-0.2, 0) is 22.6 Å². The van der Waals surface area contributed by atoms with Gasteiger partial charge in [0.15, 0.2) is 0 Å². The van der Waals surface area contributed by atoms with Crippen LogP contribution in [0.3, 0.4) is 0 Å². The molecule has 154 valence electrons. The van der Waals surface area contributed by atoms with Crippen molar-refractivity contribution >= 4 is 11.9 Å². The normalized spacial score (nSPS) is 17.1. The van der Waals surface area contributed by atoms with Crippen LogP contribution in [0.15, 0.2) is 36.4 Å². The minimum atomic E-state index is -0.915. The zero-order valence-corrected chi connectivity index (χ0v) is 17.3. The Kier molecular flexibility index (Phi) is 5.94. The molecule has 6 nitrogen and oxygen atoms in total. The van der Waals surface area contributed by atoms with Crippen LogP contribution in [0.25, 0.3) is 0 Å². The fraction of sp³-hybridized carbons (Fsp3) is 0.391. The van der Waals surface area contributed by atoms with Crippen LogP contribution in [0, 0.1) is 13.8 Å². The van der Waals surface area contributed by atoms with Crippen LogP contribution in [0.1, 0.15) is 33.7 Å². The van der Waals surface area contributed by atoms with Gasteiger partial charge in [-0.25, -0.2) is 0 Å². The largest absolute Gasteiger partial charge is 0.508 e. The Hall–Kier alpha value is -2.86. The summed E-state index contributed by atoms with van der Waals surface area (Å²) in [6.45, 7) is 4.44. The summed E-state index contributed by atoms with van der Waals surface area (Å²) in [5.41, 5.74) is 4.58. The maximum Gasteiger partial charge on any atom is 0.312 e. The first-order valence-electron chi connectivity index (χ1n) is 9.74. The van der Waals surface area contributed by atoms with Crippen molar-refractivity contribution in [1.29, 1.82) is 0 Å². The number of phenols is 1. The number of benzene rings is 2. The molecule has 6 heteroatoms. The van der Waals surface area contributed by atoms with Gasteiger partial charge in [-0.05, 0) is 74.3 Å². The van der Waals surface area contributed by atoms with E-state index in [4.69, 9.17) is 0 Å². The molecule has 1 unspecified atom stereocenters. The Balaban J connectivity index is 1.90. The summed E-state index contributed by atoms with van der Waals surface area (Å²) < 4.78 is 0. The molecule has 2 aromatic carbocycles. The Labute approximate surface area is 171 Å². The van der Waals surface area contributed by atoms with Gasteiger partial charge < -0.3 is 15.1 Å². The molecule has 0 saturated carbocycles. The van der Waals surface area contributed by atoms with Gasteiger partial charge in [0.25, 0.3) is 0 Å². The predicted molar refractivity (Wildman–Crippen MR) is 111 cm³/mol. The highest BCUT2D eigenvalue weighted by Gasteiger charge is 2.35. The number of aliphatic carboxylic acids is 1. The van der Waals surface area contributed by atoms with Crippen molar-refractivity contribution in [2.75, 3.05) is 20.6 Å². The lowest BCUT2D eigenvalue weighted by Gasteiger charge is -2.36. The molecule has 1 aliphatic heterocycles. The van der Waals surface area contributed by atoms with E-state index in [1.165, 1.54) is 0 Å². The first-order valence-corrected chi connectivity index (χ1v) is 9.74. The third-order valence-corrected chi connectivity index (χ3v) is 5.79. The number of carbonyl (C=O) groups excluding carboxylic acids is 1. The third kappa shape index (κ3) is 4.27. The number of likely N-dealkylation sites (N-methyl/N-ethyl adjacent to an activating group) is 1. The lowest BCUT2D eigenvalue weighted by molar-refractivity contribution is -0.143. The lowest BCUT2D eigenvalue weighted by atomic mass is 9.88. The summed E-state index contributed by atoms with van der Waals surface area (Å²) in [5, 5.41) is 19.5. The molecule has 1 aliphatic rings. The first-order chi connectivity index (χ1) is 13.7. The summed E-state index contributed by atoms with van der Waals surface area (Å²) in [6.07, 6.45) is 0.500. The molecule has 0 spiro atoms. The molecule has 0 fully saturated rings. The van der Waals surface area contributed by atoms with E-state index in [9.17, 15) is 19.8 Å². The molecule has 0 aromatic heterocycles. The summed E-state index contributed by atoms with van der Waals surface area (Å²) in [6, 6.07) is 10.4. The van der Waals surface area contributed by atoms with E-state index >= 15 is 0 Å². The van der Waals surface area contributed by atoms with E-state index < -0.39 is 17.9 Å². The van der Waals surface area contributed by atoms with Gasteiger partial charge in [0.1, 0.15) is 5.75 Å². The number of nitrogens with zero attached hydrogens (tertiary/aromatic N) is 2. The molecule has 29 heavy (non-hydrogen) atoms. The van der Waals surface area contributed by atoms with Crippen LogP contribution in [-0.4, -0.2) is 58.6 Å². The van der Waals surface area contributed by atoms with Crippen LogP contribution >= 0.6 is 0 Å². The minimum absolute atomic E-state index is 0.0809. The van der Waals surface area contributed by atoms with Crippen molar-refractivity contribution in [2.45, 2.75) is 38.8 Å². The Morgan fingerprint density at radius 2 is 1.79 bits per heavy atom. The van der Waals surface area contributed by atoms with Gasteiger partial charge in [-0.2, -0.15) is 0 Å². The Morgan fingerprint density at radius 1 is 1.17 bits per heavy atom. The number of fused-ring (bicyclic) bond motifs is 1. The van der Waals surface area contributed by atoms with Crippen molar-refractivity contribution < 1.29 is 19.8 Å². The zero-order chi connectivity index (χ0) is 21.3. The maximum absolute atomic E-state index is 13.5. The molecular weight excluding hydrogens is 368 g/mol. The van der Waals surface area contributed by atoms with Crippen LogP contribution in [0.5, 0.6) is 5.75 Å². The average molecular weight is 396 g/mol. The van der Waals surface area contributed by atoms with E-state index in [0.29, 0.717) is 13.0 Å². The van der Waals surface area contributed by atoms with Crippen molar-refractivity contribution in [1.82, 2.24) is 9.80 Å². The molecule has 0 aliphatic carbocycles. The summed E-state index contributed by atoms with van der Waals surface area (Å²) in [4.78, 5) is 28.8. The Morgan fingerprint density at radius 3 is 2.38 bits per heavy atom. The number of hydrogen-bond donors (Lipinski definition) is 2. The lowest BCUT2D eigenvalue weighted by Crippen LogP contribution is -2.50. The van der Waals surface area contributed by atoms with Crippen molar-refractivity contribution in [2.24, 2.45) is 0 Å². The SMILES string of the molecule is Cc1cc(O)cc(C)c1C[C@@H](C(=O)N1Cc2ccccc2C(C(=O)O)C1)N(C)C. The second-order valence-electron chi connectivity index (χ2n) is 8.05. The number of aryl methyl sites for hydroxylation is 2. The molecule has 3 rings (SSSR count). The van der Waals surface area contributed by atoms with E-state index in [1.807, 2.05) is 57.1 Å². The molecule has 2 N–H and O–H groups in total. The fourth-order valence-electron chi connectivity index (χ4n) is 4.17. The maximum atomic E-state index is 13.5. The van der Waals surface area contributed by atoms with E-state index in [2.05, 4.69) is 0 Å². The van der Waals surface area contributed by atoms with E-state index in [-0.39, 0.29) is 18.2 Å². The highest BCUT2D eigenvalue weighted by Crippen LogP contribution is 2.30. The first kappa shape index (κ1) is 20.9. The zero-order valence-electron chi connectivity index (χ0n) is 17.3. The van der Waals surface area contributed by atoms with Crippen LogP contribution < -0.4 is 0 Å². The summed E-state index contributed by atoms with van der Waals surface area (Å²) in [5.74, 6) is -1.50. The quantitative estimate of drug-likeness (QED) is 0.812. The molecule has 2 aromatic rings. The monoisotopic (exact) mass is 396 g/mol. The van der Waals surface area contributed by atoms with Gasteiger partial charge in [-0.3, -0.25) is 14.5 Å². The number of phenolic OH excluding ortho intramolecular Hbond substituents is 1. The number of hydrogen-bond acceptors (Lipinski definition) is 4. The van der Waals surface area contributed by atoms with E-state index in [1.54, 1.807) is 17.0 Å². The van der Waals surface area contributed by atoms with Gasteiger partial charge >= 0.3 is 5.97 Å². The summed E-state index contributed by atoms with van der Waals surface area (Å²) in [7, 11) is 3.72. The predicted octanol–water partition coefficient (Wildman–Crippen LogP) is 2.69. The number of carboxylic acid groups (broad SMARTS) is 1. The molecule has 0 saturated heterocycles. The minimum Gasteiger partial charge on any atom is -0.508 e. The number of carbonyl (C=O) groups is 2. The molecule has 0 bridgehead atoms. The van der Waals surface area contributed by atoms with Crippen LogP contribution in [0.2, 0.25) is 0 Å². The average Bonchev–Trinajstić information content (AvgIpc) is 2.65. The van der Waals surface area contributed by atoms with Gasteiger partial charge in [0.05, 0.1) is 12.0 Å². The molecule has 1 amide bonds. The molecule has 1 heterocycles. The van der Waals surface area contributed by atoms with Crippen molar-refractivity contribution in [3.05, 3.63) is 64.2 Å². The Bertz CT molecular complexity index is 915. The number of amides is 1. The molecule has 0 radical (unpaired) electrons. The third-order valence-electron chi connectivity index (χ3n) is 5.79. The number of rotatable bonds is 5. The van der Waals surface area contributed by atoms with Gasteiger partial charge in [-0.1, -0.05) is 24.3 Å². The molecular formula is C23H28N2O4. The smallest absolute Gasteiger partial charge is 0.312 e. The van der Waals surface area contributed by atoms with Gasteiger partial charge in [-0.15, -0.1) is 0 Å². The van der Waals surface area contributed by atoms with Crippen molar-refractivity contribution in [3.63, 3.8) is 0 Å². The highest BCUT2D eigenvalue weighted by atomic mass is 16.4. The topological polar surface area (TPSA) is 81.1 Å². The second-order valence-corrected chi connectivity index (χ2v) is 8.05. The molecule has 2 atom stereocenters. The summed E-state index contributed by atoms with van der Waals surface area (Å²) >= 11 is 0. The fourth-order valence-corrected chi connectivity index (χ4v) is 4.17. The number of carboxylic acids is 1. The standard InChI is InChI=1S/C23H28N2O4/c1-14-9-17(26)10-15(2)19(14)11-21(24(3)4)22(27)25-12-16-7-5-6-8-18(16)20(13-25)23(28)29/h5-10,20-21,26H,11-13H2,1-4H3,(H,28,29)/t20?,21-/m0/s1. The van der Waals surface area contributed by atoms with Gasteiger partial charge in [0.2, 0.25) is 5.91 Å². The second kappa shape index (κ2) is 8.25. The van der Waals surface area contributed by atoms with Crippen LogP contribution in [0.4, 0.5) is 0 Å². The van der Waals surface area contributed by atoms with Crippen molar-refractivity contribution in [3.8, 4) is 5.75 Å². The van der Waals surface area contributed by atoms with E-state index in [0.717, 1.165) is 27.8 Å². The number of aromatic hydroxyl groups is 1. The highest BCUT2D eigenvalue weighted by molar-refractivity contribution is 5.85.